The van der Waals surface area contributed by atoms with E-state index >= 15 is 0 Å². The van der Waals surface area contributed by atoms with Crippen LogP contribution in [0.5, 0.6) is 0 Å². The standard InChI is InChI=1S/C17H29NO2S/c1-5-14(3)17(15-10-8-7-9-11-15)16(18-6-2)12-13-21(4,19)20/h7-11,14,16-18H,5-6,12-13H2,1-4H3. The molecule has 1 N–H and O–H groups in total. The Labute approximate surface area is 130 Å². The van der Waals surface area contributed by atoms with Crippen molar-refractivity contribution in [3.63, 3.8) is 0 Å². The predicted molar refractivity (Wildman–Crippen MR) is 90.4 cm³/mol. The summed E-state index contributed by atoms with van der Waals surface area (Å²) in [7, 11) is -2.93. The summed E-state index contributed by atoms with van der Waals surface area (Å²) in [6.07, 6.45) is 3.06. The number of benzene rings is 1. The third kappa shape index (κ3) is 6.18. The van der Waals surface area contributed by atoms with E-state index in [1.54, 1.807) is 0 Å². The quantitative estimate of drug-likeness (QED) is 0.761. The molecule has 0 aromatic heterocycles. The van der Waals surface area contributed by atoms with Crippen LogP contribution in [0.2, 0.25) is 0 Å². The minimum Gasteiger partial charge on any atom is -0.314 e. The second-order valence-electron chi connectivity index (χ2n) is 5.90. The molecule has 3 atom stereocenters. The third-order valence-corrected chi connectivity index (χ3v) is 5.12. The zero-order valence-corrected chi connectivity index (χ0v) is 14.5. The van der Waals surface area contributed by atoms with Gasteiger partial charge in [-0.2, -0.15) is 0 Å². The van der Waals surface area contributed by atoms with Gasteiger partial charge in [-0.05, 0) is 24.4 Å². The predicted octanol–water partition coefficient (Wildman–Crippen LogP) is 3.23. The van der Waals surface area contributed by atoms with Crippen LogP contribution in [0.4, 0.5) is 0 Å². The second kappa shape index (κ2) is 8.54. The van der Waals surface area contributed by atoms with Gasteiger partial charge in [0.25, 0.3) is 0 Å². The average molecular weight is 311 g/mol. The first kappa shape index (κ1) is 18.2. The number of sulfone groups is 1. The molecule has 1 aromatic rings. The Hall–Kier alpha value is -0.870. The van der Waals surface area contributed by atoms with Gasteiger partial charge in [0.1, 0.15) is 9.84 Å². The molecule has 3 unspecified atom stereocenters. The van der Waals surface area contributed by atoms with Crippen molar-refractivity contribution in [1.82, 2.24) is 5.32 Å². The van der Waals surface area contributed by atoms with Crippen molar-refractivity contribution in [2.45, 2.75) is 45.6 Å². The fourth-order valence-electron chi connectivity index (χ4n) is 2.90. The third-order valence-electron chi connectivity index (χ3n) is 4.14. The molecule has 4 heteroatoms. The van der Waals surface area contributed by atoms with Gasteiger partial charge in [-0.15, -0.1) is 0 Å². The summed E-state index contributed by atoms with van der Waals surface area (Å²) >= 11 is 0. The molecule has 0 saturated carbocycles. The highest BCUT2D eigenvalue weighted by Gasteiger charge is 2.27. The van der Waals surface area contributed by atoms with Crippen LogP contribution in [0.15, 0.2) is 30.3 Å². The first-order chi connectivity index (χ1) is 9.89. The van der Waals surface area contributed by atoms with Gasteiger partial charge < -0.3 is 5.32 Å². The molecular weight excluding hydrogens is 282 g/mol. The summed E-state index contributed by atoms with van der Waals surface area (Å²) in [6, 6.07) is 10.6. The Balaban J connectivity index is 3.00. The normalized spacial score (nSPS) is 16.4. The van der Waals surface area contributed by atoms with Gasteiger partial charge in [-0.1, -0.05) is 57.5 Å². The summed E-state index contributed by atoms with van der Waals surface area (Å²) in [5.41, 5.74) is 1.30. The lowest BCUT2D eigenvalue weighted by molar-refractivity contribution is 0.332. The Kier molecular flexibility index (Phi) is 7.40. The van der Waals surface area contributed by atoms with Crippen LogP contribution in [0.25, 0.3) is 0 Å². The van der Waals surface area contributed by atoms with E-state index < -0.39 is 9.84 Å². The van der Waals surface area contributed by atoms with Crippen molar-refractivity contribution in [1.29, 1.82) is 0 Å². The molecular formula is C17H29NO2S. The SMILES string of the molecule is CCNC(CCS(C)(=O)=O)C(c1ccccc1)C(C)CC. The maximum absolute atomic E-state index is 11.5. The fraction of sp³-hybridized carbons (Fsp3) is 0.647. The van der Waals surface area contributed by atoms with Crippen LogP contribution in [-0.4, -0.2) is 33.0 Å². The first-order valence-corrected chi connectivity index (χ1v) is 9.91. The van der Waals surface area contributed by atoms with Crippen molar-refractivity contribution in [3.8, 4) is 0 Å². The number of nitrogens with one attached hydrogen (secondary N) is 1. The Morgan fingerprint density at radius 3 is 2.24 bits per heavy atom. The molecule has 21 heavy (non-hydrogen) atoms. The maximum Gasteiger partial charge on any atom is 0.147 e. The minimum absolute atomic E-state index is 0.196. The number of hydrogen-bond donors (Lipinski definition) is 1. The Morgan fingerprint density at radius 1 is 1.14 bits per heavy atom. The highest BCUT2D eigenvalue weighted by atomic mass is 32.2. The van der Waals surface area contributed by atoms with E-state index in [0.29, 0.717) is 18.3 Å². The molecule has 1 aromatic carbocycles. The van der Waals surface area contributed by atoms with Crippen molar-refractivity contribution in [2.75, 3.05) is 18.6 Å². The summed E-state index contributed by atoms with van der Waals surface area (Å²) in [5, 5.41) is 3.50. The highest BCUT2D eigenvalue weighted by Crippen LogP contribution is 2.31. The van der Waals surface area contributed by atoms with E-state index in [-0.39, 0.29) is 11.8 Å². The Bertz CT molecular complexity index is 499. The average Bonchev–Trinajstić information content (AvgIpc) is 2.45. The molecule has 0 bridgehead atoms. The van der Waals surface area contributed by atoms with E-state index in [0.717, 1.165) is 13.0 Å². The van der Waals surface area contributed by atoms with Gasteiger partial charge in [0, 0.05) is 18.2 Å². The fourth-order valence-corrected chi connectivity index (χ4v) is 3.58. The van der Waals surface area contributed by atoms with Gasteiger partial charge >= 0.3 is 0 Å². The van der Waals surface area contributed by atoms with Crippen molar-refractivity contribution < 1.29 is 8.42 Å². The molecule has 0 amide bonds. The molecule has 0 aliphatic carbocycles. The molecule has 1 rings (SSSR count). The molecule has 0 radical (unpaired) electrons. The number of likely N-dealkylation sites (N-methyl/N-ethyl adjacent to an activating group) is 1. The summed E-state index contributed by atoms with van der Waals surface area (Å²) in [6.45, 7) is 7.38. The largest absolute Gasteiger partial charge is 0.314 e. The van der Waals surface area contributed by atoms with Crippen molar-refractivity contribution in [3.05, 3.63) is 35.9 Å². The molecule has 0 fully saturated rings. The minimum atomic E-state index is -2.93. The van der Waals surface area contributed by atoms with E-state index in [1.807, 2.05) is 6.07 Å². The number of hydrogen-bond acceptors (Lipinski definition) is 3. The van der Waals surface area contributed by atoms with Gasteiger partial charge in [-0.3, -0.25) is 0 Å². The van der Waals surface area contributed by atoms with Gasteiger partial charge in [0.2, 0.25) is 0 Å². The molecule has 0 heterocycles. The van der Waals surface area contributed by atoms with Crippen LogP contribution in [0.1, 0.15) is 45.1 Å². The van der Waals surface area contributed by atoms with E-state index in [2.05, 4.69) is 50.4 Å². The van der Waals surface area contributed by atoms with Gasteiger partial charge in [-0.25, -0.2) is 8.42 Å². The Morgan fingerprint density at radius 2 is 1.76 bits per heavy atom. The molecule has 0 saturated heterocycles. The lowest BCUT2D eigenvalue weighted by atomic mass is 9.79. The van der Waals surface area contributed by atoms with Crippen molar-refractivity contribution in [2.24, 2.45) is 5.92 Å². The molecule has 0 aliphatic heterocycles. The molecule has 0 aliphatic rings. The van der Waals surface area contributed by atoms with E-state index in [1.165, 1.54) is 11.8 Å². The van der Waals surface area contributed by atoms with E-state index in [9.17, 15) is 8.42 Å². The van der Waals surface area contributed by atoms with Crippen LogP contribution in [0, 0.1) is 5.92 Å². The summed E-state index contributed by atoms with van der Waals surface area (Å²) < 4.78 is 23.0. The van der Waals surface area contributed by atoms with Crippen LogP contribution in [0.3, 0.4) is 0 Å². The smallest absolute Gasteiger partial charge is 0.147 e. The second-order valence-corrected chi connectivity index (χ2v) is 8.16. The monoisotopic (exact) mass is 311 g/mol. The van der Waals surface area contributed by atoms with E-state index in [4.69, 9.17) is 0 Å². The molecule has 0 spiro atoms. The van der Waals surface area contributed by atoms with Crippen molar-refractivity contribution >= 4 is 9.84 Å². The zero-order valence-electron chi connectivity index (χ0n) is 13.7. The van der Waals surface area contributed by atoms with Gasteiger partial charge in [0.15, 0.2) is 0 Å². The summed E-state index contributed by atoms with van der Waals surface area (Å²) in [4.78, 5) is 0. The van der Waals surface area contributed by atoms with Crippen LogP contribution >= 0.6 is 0 Å². The zero-order chi connectivity index (χ0) is 15.9. The van der Waals surface area contributed by atoms with Crippen LogP contribution < -0.4 is 5.32 Å². The van der Waals surface area contributed by atoms with Gasteiger partial charge in [0.05, 0.1) is 5.75 Å². The topological polar surface area (TPSA) is 46.2 Å². The first-order valence-electron chi connectivity index (χ1n) is 7.85. The molecule has 3 nitrogen and oxygen atoms in total. The summed E-state index contributed by atoms with van der Waals surface area (Å²) in [5.74, 6) is 1.10. The lowest BCUT2D eigenvalue weighted by Crippen LogP contribution is -2.39. The lowest BCUT2D eigenvalue weighted by Gasteiger charge is -2.32. The highest BCUT2D eigenvalue weighted by molar-refractivity contribution is 7.90. The maximum atomic E-state index is 11.5. The number of rotatable bonds is 9. The molecule has 120 valence electrons. The van der Waals surface area contributed by atoms with Crippen LogP contribution in [-0.2, 0) is 9.84 Å².